The van der Waals surface area contributed by atoms with Crippen LogP contribution in [0.1, 0.15) is 50.4 Å². The Balaban J connectivity index is 1.61. The number of rotatable bonds is 10. The Bertz CT molecular complexity index is 1700. The number of aliphatic hydroxyl groups excluding tert-OH is 1. The van der Waals surface area contributed by atoms with Gasteiger partial charge < -0.3 is 39.6 Å². The number of hydrogen-bond acceptors (Lipinski definition) is 9. The van der Waals surface area contributed by atoms with Crippen molar-refractivity contribution in [3.05, 3.63) is 72.3 Å². The first kappa shape index (κ1) is 39.4. The Labute approximate surface area is 300 Å². The van der Waals surface area contributed by atoms with Gasteiger partial charge in [0.2, 0.25) is 10.0 Å². The molecule has 0 spiro atoms. The van der Waals surface area contributed by atoms with Crippen molar-refractivity contribution >= 4 is 33.3 Å². The number of nitrogens with zero attached hydrogens (tertiary/aromatic N) is 2. The maximum absolute atomic E-state index is 14.4. The fourth-order valence-corrected chi connectivity index (χ4v) is 6.89. The zero-order valence-electron chi connectivity index (χ0n) is 30.1. The van der Waals surface area contributed by atoms with Crippen LogP contribution >= 0.6 is 0 Å². The van der Waals surface area contributed by atoms with Crippen molar-refractivity contribution in [2.24, 2.45) is 5.92 Å². The highest BCUT2D eigenvalue weighted by Crippen LogP contribution is 2.29. The summed E-state index contributed by atoms with van der Waals surface area (Å²) in [6, 6.07) is 16.8. The SMILES string of the molecule is COc1ccc(NC(=O)Nc2ccc3c(c2)C(=O)N([C@H](C)CO)C[C@H](C)[C@H](CN(C)S(=O)(=O)c2ccc(OC)cc2)OCCCC[C@H](C)O3)cc1. The summed E-state index contributed by atoms with van der Waals surface area (Å²) < 4.78 is 51.3. The molecule has 3 amide bonds. The highest BCUT2D eigenvalue weighted by molar-refractivity contribution is 7.89. The quantitative estimate of drug-likeness (QED) is 0.247. The largest absolute Gasteiger partial charge is 0.497 e. The second kappa shape index (κ2) is 18.2. The summed E-state index contributed by atoms with van der Waals surface area (Å²) in [4.78, 5) is 29.0. The van der Waals surface area contributed by atoms with Crippen LogP contribution in [-0.2, 0) is 14.8 Å². The number of methoxy groups -OCH3 is 2. The standard InChI is InChI=1S/C37H50N4O9S/c1-25-22-41(26(2)24-42)36(43)33-21-29(39-37(44)38-28-10-13-30(47-5)14-11-28)12-19-34(33)50-27(3)9-7-8-20-49-35(25)23-40(4)51(45,46)32-17-15-31(48-6)16-18-32/h10-19,21,25-27,35,42H,7-9,20,22-24H2,1-6H3,(H2,38,39,44)/t25-,26+,27-,35-/m0/s1. The number of likely N-dealkylation sites (N-methyl/N-ethyl adjacent to an activating group) is 1. The molecule has 4 atom stereocenters. The van der Waals surface area contributed by atoms with Crippen molar-refractivity contribution < 1.29 is 42.1 Å². The molecule has 0 radical (unpaired) electrons. The fourth-order valence-electron chi connectivity index (χ4n) is 5.71. The first-order chi connectivity index (χ1) is 24.4. The summed E-state index contributed by atoms with van der Waals surface area (Å²) >= 11 is 0. The summed E-state index contributed by atoms with van der Waals surface area (Å²) in [5.41, 5.74) is 1.13. The number of nitrogens with one attached hydrogen (secondary N) is 2. The highest BCUT2D eigenvalue weighted by Gasteiger charge is 2.32. The summed E-state index contributed by atoms with van der Waals surface area (Å²) in [6.45, 7) is 5.82. The molecule has 3 aromatic carbocycles. The van der Waals surface area contributed by atoms with E-state index in [1.165, 1.54) is 30.6 Å². The number of fused-ring (bicyclic) bond motifs is 1. The van der Waals surface area contributed by atoms with Crippen LogP contribution < -0.4 is 24.8 Å². The minimum atomic E-state index is -3.86. The van der Waals surface area contributed by atoms with Crippen molar-refractivity contribution in [1.82, 2.24) is 9.21 Å². The van der Waals surface area contributed by atoms with Gasteiger partial charge in [-0.15, -0.1) is 0 Å². The van der Waals surface area contributed by atoms with E-state index in [4.69, 9.17) is 18.9 Å². The van der Waals surface area contributed by atoms with E-state index in [0.717, 1.165) is 12.8 Å². The Morgan fingerprint density at radius 3 is 2.22 bits per heavy atom. The van der Waals surface area contributed by atoms with Gasteiger partial charge in [-0.2, -0.15) is 4.31 Å². The van der Waals surface area contributed by atoms with E-state index in [0.29, 0.717) is 41.7 Å². The average molecular weight is 727 g/mol. The molecule has 1 heterocycles. The van der Waals surface area contributed by atoms with E-state index >= 15 is 0 Å². The molecular weight excluding hydrogens is 676 g/mol. The van der Waals surface area contributed by atoms with Crippen molar-refractivity contribution in [1.29, 1.82) is 0 Å². The molecule has 0 fully saturated rings. The van der Waals surface area contributed by atoms with E-state index < -0.39 is 34.1 Å². The Morgan fingerprint density at radius 2 is 1.59 bits per heavy atom. The number of ether oxygens (including phenoxy) is 4. The molecule has 0 aliphatic carbocycles. The third-order valence-electron chi connectivity index (χ3n) is 8.86. The smallest absolute Gasteiger partial charge is 0.323 e. The number of carbonyl (C=O) groups is 2. The topological polar surface area (TPSA) is 156 Å². The number of urea groups is 1. The molecule has 3 N–H and O–H groups in total. The van der Waals surface area contributed by atoms with Crippen LogP contribution in [0, 0.1) is 5.92 Å². The third-order valence-corrected chi connectivity index (χ3v) is 10.7. The van der Waals surface area contributed by atoms with Crippen LogP contribution in [0.2, 0.25) is 0 Å². The van der Waals surface area contributed by atoms with Crippen LogP contribution in [0.5, 0.6) is 17.2 Å². The molecule has 13 nitrogen and oxygen atoms in total. The van der Waals surface area contributed by atoms with Crippen molar-refractivity contribution in [2.75, 3.05) is 58.2 Å². The number of anilines is 2. The van der Waals surface area contributed by atoms with Crippen molar-refractivity contribution in [3.63, 3.8) is 0 Å². The molecule has 3 aromatic rings. The molecule has 1 aliphatic heterocycles. The Kier molecular flexibility index (Phi) is 14.1. The minimum Gasteiger partial charge on any atom is -0.497 e. The maximum Gasteiger partial charge on any atom is 0.323 e. The molecule has 0 aromatic heterocycles. The van der Waals surface area contributed by atoms with Gasteiger partial charge in [0, 0.05) is 44.0 Å². The second-order valence-corrected chi connectivity index (χ2v) is 14.8. The highest BCUT2D eigenvalue weighted by atomic mass is 32.2. The summed E-state index contributed by atoms with van der Waals surface area (Å²) in [5.74, 6) is 0.786. The number of hydrogen-bond donors (Lipinski definition) is 3. The van der Waals surface area contributed by atoms with Gasteiger partial charge in [-0.3, -0.25) is 4.79 Å². The van der Waals surface area contributed by atoms with Gasteiger partial charge in [-0.1, -0.05) is 6.92 Å². The molecule has 1 aliphatic rings. The summed E-state index contributed by atoms with van der Waals surface area (Å²) in [6.07, 6.45) is 1.38. The van der Waals surface area contributed by atoms with Crippen LogP contribution in [0.3, 0.4) is 0 Å². The first-order valence-electron chi connectivity index (χ1n) is 17.0. The first-order valence-corrected chi connectivity index (χ1v) is 18.5. The summed E-state index contributed by atoms with van der Waals surface area (Å²) in [5, 5.41) is 15.8. The van der Waals surface area contributed by atoms with Crippen molar-refractivity contribution in [2.45, 2.75) is 63.2 Å². The summed E-state index contributed by atoms with van der Waals surface area (Å²) in [7, 11) is 0.718. The Morgan fingerprint density at radius 1 is 0.980 bits per heavy atom. The second-order valence-electron chi connectivity index (χ2n) is 12.8. The maximum atomic E-state index is 14.4. The predicted octanol–water partition coefficient (Wildman–Crippen LogP) is 5.46. The molecule has 0 saturated heterocycles. The lowest BCUT2D eigenvalue weighted by Crippen LogP contribution is -2.48. The number of benzene rings is 3. The van der Waals surface area contributed by atoms with Gasteiger partial charge >= 0.3 is 6.03 Å². The monoisotopic (exact) mass is 726 g/mol. The molecule has 0 saturated carbocycles. The van der Waals surface area contributed by atoms with Gasteiger partial charge in [0.25, 0.3) is 5.91 Å². The molecule has 4 rings (SSSR count). The van der Waals surface area contributed by atoms with E-state index in [9.17, 15) is 23.1 Å². The lowest BCUT2D eigenvalue weighted by atomic mass is 10.0. The molecule has 51 heavy (non-hydrogen) atoms. The van der Waals surface area contributed by atoms with E-state index in [1.807, 2.05) is 13.8 Å². The zero-order valence-corrected chi connectivity index (χ0v) is 30.9. The molecular formula is C37H50N4O9S. The number of sulfonamides is 1. The van der Waals surface area contributed by atoms with Gasteiger partial charge in [-0.25, -0.2) is 13.2 Å². The van der Waals surface area contributed by atoms with E-state index in [2.05, 4.69) is 10.6 Å². The number of amides is 3. The van der Waals surface area contributed by atoms with Crippen LogP contribution in [0.4, 0.5) is 16.2 Å². The van der Waals surface area contributed by atoms with E-state index in [-0.39, 0.29) is 42.2 Å². The number of carbonyl (C=O) groups excluding carboxylic acids is 2. The van der Waals surface area contributed by atoms with Crippen LogP contribution in [0.25, 0.3) is 0 Å². The lowest BCUT2D eigenvalue weighted by molar-refractivity contribution is -0.00834. The van der Waals surface area contributed by atoms with E-state index in [1.54, 1.807) is 73.5 Å². The van der Waals surface area contributed by atoms with Gasteiger partial charge in [0.05, 0.1) is 49.5 Å². The van der Waals surface area contributed by atoms with Gasteiger partial charge in [0.1, 0.15) is 17.2 Å². The van der Waals surface area contributed by atoms with Crippen molar-refractivity contribution in [3.8, 4) is 17.2 Å². The fraction of sp³-hybridized carbons (Fsp3) is 0.459. The lowest BCUT2D eigenvalue weighted by Gasteiger charge is -2.35. The predicted molar refractivity (Wildman–Crippen MR) is 195 cm³/mol. The van der Waals surface area contributed by atoms with Crippen LogP contribution in [-0.4, -0.2) is 100 Å². The molecule has 278 valence electrons. The average Bonchev–Trinajstić information content (AvgIpc) is 3.12. The van der Waals surface area contributed by atoms with Gasteiger partial charge in [-0.05, 0) is 99.8 Å². The van der Waals surface area contributed by atoms with Crippen LogP contribution in [0.15, 0.2) is 71.6 Å². The minimum absolute atomic E-state index is 0.0402. The van der Waals surface area contributed by atoms with Gasteiger partial charge in [0.15, 0.2) is 0 Å². The number of aliphatic hydroxyl groups is 1. The third kappa shape index (κ3) is 10.6. The zero-order chi connectivity index (χ0) is 37.1. The Hall–Kier alpha value is -4.37. The molecule has 0 unspecified atom stereocenters. The normalized spacial score (nSPS) is 19.6. The molecule has 14 heteroatoms. The molecule has 0 bridgehead atoms.